The SMILES string of the molecule is COC(=O)CCC(=O)Oc1ccc(C(=O)O)cc1. The van der Waals surface area contributed by atoms with Gasteiger partial charge in [-0.1, -0.05) is 0 Å². The number of benzene rings is 1. The summed E-state index contributed by atoms with van der Waals surface area (Å²) in [6.45, 7) is 0. The summed E-state index contributed by atoms with van der Waals surface area (Å²) < 4.78 is 9.29. The standard InChI is InChI=1S/C12H12O6/c1-17-10(13)6-7-11(14)18-9-4-2-8(3-5-9)12(15)16/h2-5H,6-7H2,1H3,(H,15,16). The molecule has 1 aromatic carbocycles. The van der Waals surface area contributed by atoms with E-state index in [0.29, 0.717) is 0 Å². The molecule has 6 nitrogen and oxygen atoms in total. The topological polar surface area (TPSA) is 89.9 Å². The van der Waals surface area contributed by atoms with E-state index in [1.807, 2.05) is 0 Å². The van der Waals surface area contributed by atoms with E-state index in [0.717, 1.165) is 0 Å². The van der Waals surface area contributed by atoms with E-state index >= 15 is 0 Å². The fourth-order valence-electron chi connectivity index (χ4n) is 1.15. The molecule has 0 aliphatic rings. The van der Waals surface area contributed by atoms with Crippen molar-refractivity contribution in [3.8, 4) is 5.75 Å². The molecular formula is C12H12O6. The van der Waals surface area contributed by atoms with Crippen molar-refractivity contribution in [1.82, 2.24) is 0 Å². The van der Waals surface area contributed by atoms with Crippen LogP contribution < -0.4 is 4.74 Å². The van der Waals surface area contributed by atoms with Crippen molar-refractivity contribution in [2.24, 2.45) is 0 Å². The molecule has 1 N–H and O–H groups in total. The van der Waals surface area contributed by atoms with Crippen molar-refractivity contribution in [3.05, 3.63) is 29.8 Å². The number of ether oxygens (including phenoxy) is 2. The third kappa shape index (κ3) is 4.25. The van der Waals surface area contributed by atoms with Crippen molar-refractivity contribution < 1.29 is 29.0 Å². The highest BCUT2D eigenvalue weighted by Crippen LogP contribution is 2.13. The van der Waals surface area contributed by atoms with E-state index in [9.17, 15) is 14.4 Å². The molecule has 0 atom stereocenters. The van der Waals surface area contributed by atoms with Gasteiger partial charge in [0.05, 0.1) is 25.5 Å². The third-order valence-corrected chi connectivity index (χ3v) is 2.09. The Balaban J connectivity index is 2.49. The van der Waals surface area contributed by atoms with E-state index in [4.69, 9.17) is 9.84 Å². The molecule has 0 aliphatic carbocycles. The van der Waals surface area contributed by atoms with Gasteiger partial charge in [-0.2, -0.15) is 0 Å². The summed E-state index contributed by atoms with van der Waals surface area (Å²) in [5.41, 5.74) is 0.101. The first kappa shape index (κ1) is 13.7. The maximum atomic E-state index is 11.3. The summed E-state index contributed by atoms with van der Waals surface area (Å²) in [7, 11) is 1.23. The molecule has 96 valence electrons. The first-order valence-electron chi connectivity index (χ1n) is 5.14. The second-order valence-electron chi connectivity index (χ2n) is 3.38. The molecule has 0 aliphatic heterocycles. The van der Waals surface area contributed by atoms with Crippen LogP contribution in [0.5, 0.6) is 5.75 Å². The highest BCUT2D eigenvalue weighted by molar-refractivity contribution is 5.87. The number of esters is 2. The van der Waals surface area contributed by atoms with Crippen LogP contribution >= 0.6 is 0 Å². The lowest BCUT2D eigenvalue weighted by Crippen LogP contribution is -2.11. The molecule has 0 unspecified atom stereocenters. The van der Waals surface area contributed by atoms with Gasteiger partial charge in [-0.05, 0) is 24.3 Å². The Labute approximate surface area is 103 Å². The lowest BCUT2D eigenvalue weighted by molar-refractivity contribution is -0.144. The maximum Gasteiger partial charge on any atom is 0.335 e. The zero-order valence-corrected chi connectivity index (χ0v) is 9.71. The molecule has 0 heterocycles. The van der Waals surface area contributed by atoms with Gasteiger partial charge in [0.15, 0.2) is 0 Å². The predicted molar refractivity (Wildman–Crippen MR) is 60.3 cm³/mol. The van der Waals surface area contributed by atoms with Crippen molar-refractivity contribution in [2.75, 3.05) is 7.11 Å². The largest absolute Gasteiger partial charge is 0.478 e. The zero-order chi connectivity index (χ0) is 13.5. The minimum Gasteiger partial charge on any atom is -0.478 e. The van der Waals surface area contributed by atoms with Gasteiger partial charge in [0.25, 0.3) is 0 Å². The first-order valence-corrected chi connectivity index (χ1v) is 5.14. The second kappa shape index (κ2) is 6.39. The molecule has 0 bridgehead atoms. The minimum atomic E-state index is -1.06. The number of carbonyl (C=O) groups excluding carboxylic acids is 2. The third-order valence-electron chi connectivity index (χ3n) is 2.09. The molecule has 0 aromatic heterocycles. The van der Waals surface area contributed by atoms with Gasteiger partial charge in [-0.25, -0.2) is 4.79 Å². The van der Waals surface area contributed by atoms with E-state index in [1.165, 1.54) is 31.4 Å². The normalized spacial score (nSPS) is 9.61. The van der Waals surface area contributed by atoms with Crippen LogP contribution in [0, 0.1) is 0 Å². The molecule has 0 saturated heterocycles. The van der Waals surface area contributed by atoms with Gasteiger partial charge in [-0.3, -0.25) is 9.59 Å². The van der Waals surface area contributed by atoms with Crippen molar-refractivity contribution in [2.45, 2.75) is 12.8 Å². The smallest absolute Gasteiger partial charge is 0.335 e. The van der Waals surface area contributed by atoms with Gasteiger partial charge in [0.1, 0.15) is 5.75 Å². The van der Waals surface area contributed by atoms with E-state index in [1.54, 1.807) is 0 Å². The maximum absolute atomic E-state index is 11.3. The monoisotopic (exact) mass is 252 g/mol. The molecule has 6 heteroatoms. The number of aromatic carboxylic acids is 1. The Morgan fingerprint density at radius 1 is 1.06 bits per heavy atom. The summed E-state index contributed by atoms with van der Waals surface area (Å²) >= 11 is 0. The predicted octanol–water partition coefficient (Wildman–Crippen LogP) is 1.24. The van der Waals surface area contributed by atoms with Crippen LogP contribution in [0.2, 0.25) is 0 Å². The number of carbonyl (C=O) groups is 3. The van der Waals surface area contributed by atoms with Crippen LogP contribution in [-0.4, -0.2) is 30.1 Å². The average Bonchev–Trinajstić information content (AvgIpc) is 2.36. The van der Waals surface area contributed by atoms with Gasteiger partial charge in [-0.15, -0.1) is 0 Å². The van der Waals surface area contributed by atoms with Gasteiger partial charge in [0.2, 0.25) is 0 Å². The molecule has 1 rings (SSSR count). The minimum absolute atomic E-state index is 0.0530. The Bertz CT molecular complexity index is 448. The zero-order valence-electron chi connectivity index (χ0n) is 9.71. The Morgan fingerprint density at radius 2 is 1.61 bits per heavy atom. The van der Waals surface area contributed by atoms with Crippen molar-refractivity contribution in [3.63, 3.8) is 0 Å². The van der Waals surface area contributed by atoms with Crippen molar-refractivity contribution >= 4 is 17.9 Å². The van der Waals surface area contributed by atoms with E-state index < -0.39 is 17.9 Å². The quantitative estimate of drug-likeness (QED) is 0.626. The Hall–Kier alpha value is -2.37. The lowest BCUT2D eigenvalue weighted by atomic mass is 10.2. The van der Waals surface area contributed by atoms with Gasteiger partial charge >= 0.3 is 17.9 Å². The van der Waals surface area contributed by atoms with Crippen LogP contribution in [0.3, 0.4) is 0 Å². The van der Waals surface area contributed by atoms with E-state index in [2.05, 4.69) is 4.74 Å². The molecule has 0 fully saturated rings. The Morgan fingerprint density at radius 3 is 2.11 bits per heavy atom. The number of carboxylic acid groups (broad SMARTS) is 1. The number of rotatable bonds is 5. The molecule has 0 radical (unpaired) electrons. The molecule has 1 aromatic rings. The van der Waals surface area contributed by atoms with Crippen LogP contribution in [0.4, 0.5) is 0 Å². The summed E-state index contributed by atoms with van der Waals surface area (Å²) in [6, 6.07) is 5.40. The fourth-order valence-corrected chi connectivity index (χ4v) is 1.15. The fraction of sp³-hybridized carbons (Fsp3) is 0.250. The summed E-state index contributed by atoms with van der Waals surface area (Å²) in [4.78, 5) is 32.7. The number of hydrogen-bond donors (Lipinski definition) is 1. The number of methoxy groups -OCH3 is 1. The second-order valence-corrected chi connectivity index (χ2v) is 3.38. The molecule has 18 heavy (non-hydrogen) atoms. The van der Waals surface area contributed by atoms with E-state index in [-0.39, 0.29) is 24.2 Å². The molecular weight excluding hydrogens is 240 g/mol. The molecule has 0 spiro atoms. The summed E-state index contributed by atoms with van der Waals surface area (Å²) in [5.74, 6) is -1.90. The summed E-state index contributed by atoms with van der Waals surface area (Å²) in [6.07, 6.45) is -0.143. The Kier molecular flexibility index (Phi) is 4.86. The number of carboxylic acids is 1. The summed E-state index contributed by atoms with van der Waals surface area (Å²) in [5, 5.41) is 8.67. The van der Waals surface area contributed by atoms with Crippen LogP contribution in [0.25, 0.3) is 0 Å². The van der Waals surface area contributed by atoms with Crippen molar-refractivity contribution in [1.29, 1.82) is 0 Å². The average molecular weight is 252 g/mol. The highest BCUT2D eigenvalue weighted by atomic mass is 16.5. The lowest BCUT2D eigenvalue weighted by Gasteiger charge is -2.04. The van der Waals surface area contributed by atoms with Crippen LogP contribution in [-0.2, 0) is 14.3 Å². The highest BCUT2D eigenvalue weighted by Gasteiger charge is 2.09. The van der Waals surface area contributed by atoms with Gasteiger partial charge < -0.3 is 14.6 Å². The number of hydrogen-bond acceptors (Lipinski definition) is 5. The molecule has 0 saturated carbocycles. The molecule has 0 amide bonds. The van der Waals surface area contributed by atoms with Gasteiger partial charge in [0, 0.05) is 0 Å². The van der Waals surface area contributed by atoms with Crippen LogP contribution in [0.1, 0.15) is 23.2 Å². The first-order chi connectivity index (χ1) is 8.52. The van der Waals surface area contributed by atoms with Crippen LogP contribution in [0.15, 0.2) is 24.3 Å².